The molecule has 1 aliphatic rings. The SMILES string of the molecule is C=CCCc1ccc(CC/C=C/C2CCC(c3ccc(-c4ccc(OCC)c(F)c4F)cc3)CC2)cc1. The lowest BCUT2D eigenvalue weighted by Crippen LogP contribution is -2.11. The lowest BCUT2D eigenvalue weighted by atomic mass is 9.78. The number of benzene rings is 3. The highest BCUT2D eigenvalue weighted by atomic mass is 19.2. The van der Waals surface area contributed by atoms with Gasteiger partial charge in [-0.15, -0.1) is 6.58 Å². The molecule has 0 amide bonds. The zero-order valence-electron chi connectivity index (χ0n) is 21.9. The number of rotatable bonds is 11. The molecule has 1 saturated carbocycles. The van der Waals surface area contributed by atoms with Gasteiger partial charge in [0.2, 0.25) is 5.82 Å². The summed E-state index contributed by atoms with van der Waals surface area (Å²) in [5, 5.41) is 0. The van der Waals surface area contributed by atoms with E-state index in [1.165, 1.54) is 35.6 Å². The van der Waals surface area contributed by atoms with E-state index >= 15 is 0 Å². The number of hydrogen-bond donors (Lipinski definition) is 0. The normalized spacial score (nSPS) is 17.7. The zero-order valence-corrected chi connectivity index (χ0v) is 21.9. The standard InChI is InChI=1S/C34H38F2O/c1-3-5-8-25-11-13-26(14-12-25)9-6-7-10-27-15-17-28(18-16-27)29-19-21-30(22-20-29)31-23-24-32(37-4-2)34(36)33(31)35/h3,7,10-14,19-24,27-28H,1,4-6,8-9,15-18H2,2H3/b10-7+. The molecule has 194 valence electrons. The number of ether oxygens (including phenoxy) is 1. The smallest absolute Gasteiger partial charge is 0.201 e. The fourth-order valence-electron chi connectivity index (χ4n) is 5.28. The van der Waals surface area contributed by atoms with E-state index in [-0.39, 0.29) is 11.3 Å². The van der Waals surface area contributed by atoms with Crippen molar-refractivity contribution in [3.8, 4) is 16.9 Å². The van der Waals surface area contributed by atoms with Crippen LogP contribution >= 0.6 is 0 Å². The zero-order chi connectivity index (χ0) is 26.0. The van der Waals surface area contributed by atoms with Crippen LogP contribution in [0, 0.1) is 17.6 Å². The summed E-state index contributed by atoms with van der Waals surface area (Å²) in [4.78, 5) is 0. The third-order valence-corrected chi connectivity index (χ3v) is 7.48. The van der Waals surface area contributed by atoms with Gasteiger partial charge in [0.25, 0.3) is 0 Å². The molecule has 0 bridgehead atoms. The highest BCUT2D eigenvalue weighted by Gasteiger charge is 2.21. The highest BCUT2D eigenvalue weighted by Crippen LogP contribution is 2.37. The minimum Gasteiger partial charge on any atom is -0.491 e. The van der Waals surface area contributed by atoms with Crippen molar-refractivity contribution in [1.82, 2.24) is 0 Å². The molecule has 1 fully saturated rings. The summed E-state index contributed by atoms with van der Waals surface area (Å²) in [5.74, 6) is -0.642. The Morgan fingerprint density at radius 3 is 2.08 bits per heavy atom. The Morgan fingerprint density at radius 2 is 1.46 bits per heavy atom. The monoisotopic (exact) mass is 500 g/mol. The van der Waals surface area contributed by atoms with Gasteiger partial charge in [0, 0.05) is 5.56 Å². The van der Waals surface area contributed by atoms with Crippen molar-refractivity contribution < 1.29 is 13.5 Å². The second-order valence-electron chi connectivity index (χ2n) is 10.0. The van der Waals surface area contributed by atoms with Crippen LogP contribution in [0.3, 0.4) is 0 Å². The van der Waals surface area contributed by atoms with Crippen LogP contribution in [-0.2, 0) is 12.8 Å². The van der Waals surface area contributed by atoms with E-state index in [0.29, 0.717) is 24.0 Å². The predicted octanol–water partition coefficient (Wildman–Crippen LogP) is 9.61. The van der Waals surface area contributed by atoms with Crippen LogP contribution in [0.5, 0.6) is 5.75 Å². The first-order chi connectivity index (χ1) is 18.1. The largest absolute Gasteiger partial charge is 0.491 e. The maximum absolute atomic E-state index is 14.6. The van der Waals surface area contributed by atoms with Gasteiger partial charge in [0.15, 0.2) is 11.6 Å². The number of halogens is 2. The fraction of sp³-hybridized carbons (Fsp3) is 0.353. The van der Waals surface area contributed by atoms with Crippen molar-refractivity contribution in [2.45, 2.75) is 64.2 Å². The number of hydrogen-bond acceptors (Lipinski definition) is 1. The maximum Gasteiger partial charge on any atom is 0.201 e. The summed E-state index contributed by atoms with van der Waals surface area (Å²) < 4.78 is 34.0. The third-order valence-electron chi connectivity index (χ3n) is 7.48. The summed E-state index contributed by atoms with van der Waals surface area (Å²) in [6.07, 6.45) is 15.7. The Hall–Kier alpha value is -3.20. The molecule has 0 saturated heterocycles. The summed E-state index contributed by atoms with van der Waals surface area (Å²) in [6, 6.07) is 20.0. The average molecular weight is 501 g/mol. The van der Waals surface area contributed by atoms with Gasteiger partial charge in [-0.25, -0.2) is 4.39 Å². The predicted molar refractivity (Wildman–Crippen MR) is 150 cm³/mol. The topological polar surface area (TPSA) is 9.23 Å². The lowest BCUT2D eigenvalue weighted by molar-refractivity contribution is 0.314. The van der Waals surface area contributed by atoms with Crippen molar-refractivity contribution in [3.05, 3.63) is 114 Å². The van der Waals surface area contributed by atoms with E-state index in [2.05, 4.69) is 55.1 Å². The molecule has 0 spiro atoms. The molecule has 0 atom stereocenters. The van der Waals surface area contributed by atoms with Gasteiger partial charge >= 0.3 is 0 Å². The van der Waals surface area contributed by atoms with Crippen LogP contribution in [0.15, 0.2) is 85.5 Å². The Morgan fingerprint density at radius 1 is 0.811 bits per heavy atom. The van der Waals surface area contributed by atoms with E-state index in [4.69, 9.17) is 4.74 Å². The van der Waals surface area contributed by atoms with E-state index in [1.807, 2.05) is 18.2 Å². The second kappa shape index (κ2) is 13.4. The molecule has 0 aromatic heterocycles. The first-order valence-corrected chi connectivity index (χ1v) is 13.7. The second-order valence-corrected chi connectivity index (χ2v) is 10.0. The summed E-state index contributed by atoms with van der Waals surface area (Å²) in [5.41, 5.74) is 5.01. The van der Waals surface area contributed by atoms with Crippen molar-refractivity contribution >= 4 is 0 Å². The van der Waals surface area contributed by atoms with Crippen LogP contribution < -0.4 is 4.74 Å². The van der Waals surface area contributed by atoms with Gasteiger partial charge in [0.1, 0.15) is 0 Å². The molecule has 3 aromatic rings. The van der Waals surface area contributed by atoms with Gasteiger partial charge in [0.05, 0.1) is 6.61 Å². The van der Waals surface area contributed by atoms with Gasteiger partial charge in [-0.3, -0.25) is 0 Å². The van der Waals surface area contributed by atoms with E-state index in [1.54, 1.807) is 13.0 Å². The minimum absolute atomic E-state index is 0.0419. The number of allylic oxidation sites excluding steroid dienone is 3. The Kier molecular flexibility index (Phi) is 9.71. The van der Waals surface area contributed by atoms with Crippen LogP contribution in [0.1, 0.15) is 68.1 Å². The Bertz CT molecular complexity index is 1170. The molecule has 0 unspecified atom stereocenters. The number of aryl methyl sites for hydroxylation is 2. The molecule has 0 heterocycles. The van der Waals surface area contributed by atoms with Crippen molar-refractivity contribution in [2.75, 3.05) is 6.61 Å². The van der Waals surface area contributed by atoms with Crippen molar-refractivity contribution in [2.24, 2.45) is 5.92 Å². The summed E-state index contributed by atoms with van der Waals surface area (Å²) >= 11 is 0. The molecule has 37 heavy (non-hydrogen) atoms. The van der Waals surface area contributed by atoms with Crippen LogP contribution in [0.2, 0.25) is 0 Å². The highest BCUT2D eigenvalue weighted by molar-refractivity contribution is 5.65. The Balaban J connectivity index is 1.25. The van der Waals surface area contributed by atoms with Crippen molar-refractivity contribution in [3.63, 3.8) is 0 Å². The Labute approximate surface area is 220 Å². The van der Waals surface area contributed by atoms with Gasteiger partial charge < -0.3 is 4.74 Å². The molecule has 4 rings (SSSR count). The third kappa shape index (κ3) is 7.19. The average Bonchev–Trinajstić information content (AvgIpc) is 2.94. The summed E-state index contributed by atoms with van der Waals surface area (Å²) in [6.45, 7) is 5.84. The lowest BCUT2D eigenvalue weighted by Gasteiger charge is -2.27. The molecule has 3 heteroatoms. The van der Waals surface area contributed by atoms with E-state index in [0.717, 1.165) is 38.5 Å². The first-order valence-electron chi connectivity index (χ1n) is 13.7. The van der Waals surface area contributed by atoms with Crippen LogP contribution in [0.25, 0.3) is 11.1 Å². The molecule has 0 aliphatic heterocycles. The fourth-order valence-corrected chi connectivity index (χ4v) is 5.28. The van der Waals surface area contributed by atoms with Crippen LogP contribution in [-0.4, -0.2) is 6.61 Å². The van der Waals surface area contributed by atoms with Gasteiger partial charge in [-0.05, 0) is 105 Å². The maximum atomic E-state index is 14.6. The van der Waals surface area contributed by atoms with Crippen LogP contribution in [0.4, 0.5) is 8.78 Å². The van der Waals surface area contributed by atoms with Gasteiger partial charge in [-0.2, -0.15) is 4.39 Å². The van der Waals surface area contributed by atoms with E-state index in [9.17, 15) is 8.78 Å². The molecule has 1 aliphatic carbocycles. The minimum atomic E-state index is -0.924. The quantitative estimate of drug-likeness (QED) is 0.238. The molecule has 1 nitrogen and oxygen atoms in total. The van der Waals surface area contributed by atoms with E-state index < -0.39 is 11.6 Å². The summed E-state index contributed by atoms with van der Waals surface area (Å²) in [7, 11) is 0. The molecular weight excluding hydrogens is 462 g/mol. The molecular formula is C34H38F2O. The molecule has 0 N–H and O–H groups in total. The molecule has 3 aromatic carbocycles. The molecule has 0 radical (unpaired) electrons. The van der Waals surface area contributed by atoms with Gasteiger partial charge in [-0.1, -0.05) is 66.8 Å². The first kappa shape index (κ1) is 26.9. The van der Waals surface area contributed by atoms with Crippen molar-refractivity contribution in [1.29, 1.82) is 0 Å².